The largest absolute Gasteiger partial charge is 0.495 e. The Bertz CT molecular complexity index is 569. The molecule has 2 aromatic rings. The molecule has 1 amide bonds. The summed E-state index contributed by atoms with van der Waals surface area (Å²) in [6, 6.07) is 7.44. The molecular weight excluding hydrogens is 232 g/mol. The number of benzene rings is 1. The number of amides is 1. The van der Waals surface area contributed by atoms with Gasteiger partial charge in [-0.3, -0.25) is 9.78 Å². The Hall–Kier alpha value is -2.14. The first-order chi connectivity index (χ1) is 8.77. The van der Waals surface area contributed by atoms with Crippen LogP contribution in [0.1, 0.15) is 10.4 Å². The number of methoxy groups -OCH3 is 1. The first kappa shape index (κ1) is 12.3. The lowest BCUT2D eigenvalue weighted by molar-refractivity contribution is 0.0941. The van der Waals surface area contributed by atoms with Gasteiger partial charge in [0, 0.05) is 18.1 Å². The number of rotatable bonds is 4. The van der Waals surface area contributed by atoms with Crippen molar-refractivity contribution in [3.05, 3.63) is 36.0 Å². The molecule has 2 N–H and O–H groups in total. The molecule has 0 fully saturated rings. The topological polar surface area (TPSA) is 71.5 Å². The highest BCUT2D eigenvalue weighted by Crippen LogP contribution is 2.27. The summed E-state index contributed by atoms with van der Waals surface area (Å²) >= 11 is 0. The van der Waals surface area contributed by atoms with Crippen molar-refractivity contribution in [3.63, 3.8) is 0 Å². The molecule has 5 heteroatoms. The molecule has 0 bridgehead atoms. The van der Waals surface area contributed by atoms with Gasteiger partial charge in [-0.2, -0.15) is 0 Å². The lowest BCUT2D eigenvalue weighted by Crippen LogP contribution is -2.26. The van der Waals surface area contributed by atoms with Crippen molar-refractivity contribution < 1.29 is 14.6 Å². The number of pyridine rings is 1. The number of nitrogens with one attached hydrogen (secondary N) is 1. The number of aliphatic hydroxyl groups is 1. The van der Waals surface area contributed by atoms with E-state index in [0.717, 1.165) is 10.9 Å². The third-order valence-electron chi connectivity index (χ3n) is 2.57. The molecule has 18 heavy (non-hydrogen) atoms. The van der Waals surface area contributed by atoms with Crippen LogP contribution in [0.25, 0.3) is 10.9 Å². The Morgan fingerprint density at radius 3 is 2.94 bits per heavy atom. The molecule has 0 spiro atoms. The van der Waals surface area contributed by atoms with Crippen molar-refractivity contribution in [3.8, 4) is 5.75 Å². The fraction of sp³-hybridized carbons (Fsp3) is 0.231. The van der Waals surface area contributed by atoms with Gasteiger partial charge in [-0.1, -0.05) is 12.1 Å². The van der Waals surface area contributed by atoms with Crippen LogP contribution in [-0.2, 0) is 0 Å². The van der Waals surface area contributed by atoms with Gasteiger partial charge in [0.25, 0.3) is 5.91 Å². The summed E-state index contributed by atoms with van der Waals surface area (Å²) in [5, 5.41) is 12.1. The average molecular weight is 246 g/mol. The van der Waals surface area contributed by atoms with E-state index in [9.17, 15) is 4.79 Å². The van der Waals surface area contributed by atoms with Crippen LogP contribution in [-0.4, -0.2) is 36.3 Å². The predicted molar refractivity (Wildman–Crippen MR) is 67.7 cm³/mol. The van der Waals surface area contributed by atoms with Gasteiger partial charge >= 0.3 is 0 Å². The Labute approximate surface area is 104 Å². The first-order valence-electron chi connectivity index (χ1n) is 5.58. The van der Waals surface area contributed by atoms with Gasteiger partial charge in [-0.05, 0) is 12.1 Å². The van der Waals surface area contributed by atoms with Crippen LogP contribution in [0.4, 0.5) is 0 Å². The third-order valence-corrected chi connectivity index (χ3v) is 2.57. The van der Waals surface area contributed by atoms with Crippen molar-refractivity contribution in [1.29, 1.82) is 0 Å². The number of nitrogens with zero attached hydrogens (tertiary/aromatic N) is 1. The normalized spacial score (nSPS) is 10.3. The number of carbonyl (C=O) groups is 1. The number of aromatic nitrogens is 1. The lowest BCUT2D eigenvalue weighted by Gasteiger charge is -2.10. The van der Waals surface area contributed by atoms with Crippen LogP contribution in [0.3, 0.4) is 0 Å². The Balaban J connectivity index is 2.47. The minimum Gasteiger partial charge on any atom is -0.495 e. The van der Waals surface area contributed by atoms with E-state index in [4.69, 9.17) is 9.84 Å². The zero-order chi connectivity index (χ0) is 13.0. The minimum absolute atomic E-state index is 0.102. The number of ether oxygens (including phenoxy) is 1. The SMILES string of the molecule is COc1c(C(=O)NCCO)cnc2ccccc12. The van der Waals surface area contributed by atoms with Crippen molar-refractivity contribution in [2.24, 2.45) is 0 Å². The summed E-state index contributed by atoms with van der Waals surface area (Å²) in [5.74, 6) is 0.190. The number of hydrogen-bond donors (Lipinski definition) is 2. The van der Waals surface area contributed by atoms with Crippen LogP contribution in [0.5, 0.6) is 5.75 Å². The van der Waals surface area contributed by atoms with Gasteiger partial charge in [0.15, 0.2) is 0 Å². The van der Waals surface area contributed by atoms with Crippen molar-refractivity contribution in [2.75, 3.05) is 20.3 Å². The van der Waals surface area contributed by atoms with Crippen molar-refractivity contribution >= 4 is 16.8 Å². The molecule has 94 valence electrons. The molecule has 0 saturated heterocycles. The fourth-order valence-corrected chi connectivity index (χ4v) is 1.76. The second-order valence-electron chi connectivity index (χ2n) is 3.70. The van der Waals surface area contributed by atoms with E-state index < -0.39 is 0 Å². The predicted octanol–water partition coefficient (Wildman–Crippen LogP) is 0.965. The van der Waals surface area contributed by atoms with E-state index in [2.05, 4.69) is 10.3 Å². The van der Waals surface area contributed by atoms with Gasteiger partial charge in [0.2, 0.25) is 0 Å². The smallest absolute Gasteiger partial charge is 0.256 e. The summed E-state index contributed by atoms with van der Waals surface area (Å²) in [4.78, 5) is 16.1. The second-order valence-corrected chi connectivity index (χ2v) is 3.70. The van der Waals surface area contributed by atoms with Gasteiger partial charge in [-0.25, -0.2) is 0 Å². The summed E-state index contributed by atoms with van der Waals surface area (Å²) in [6.07, 6.45) is 1.48. The highest BCUT2D eigenvalue weighted by Gasteiger charge is 2.15. The van der Waals surface area contributed by atoms with E-state index >= 15 is 0 Å². The monoisotopic (exact) mass is 246 g/mol. The van der Waals surface area contributed by atoms with Gasteiger partial charge in [0.1, 0.15) is 11.3 Å². The van der Waals surface area contributed by atoms with E-state index in [-0.39, 0.29) is 19.1 Å². The van der Waals surface area contributed by atoms with Crippen LogP contribution >= 0.6 is 0 Å². The first-order valence-corrected chi connectivity index (χ1v) is 5.58. The summed E-state index contributed by atoms with van der Waals surface area (Å²) < 4.78 is 5.30. The van der Waals surface area contributed by atoms with E-state index in [1.165, 1.54) is 13.3 Å². The van der Waals surface area contributed by atoms with Crippen molar-refractivity contribution in [2.45, 2.75) is 0 Å². The van der Waals surface area contributed by atoms with Crippen LogP contribution in [0, 0.1) is 0 Å². The second kappa shape index (κ2) is 5.46. The molecular formula is C13H14N2O3. The molecule has 5 nitrogen and oxygen atoms in total. The minimum atomic E-state index is -0.306. The maximum atomic E-state index is 11.9. The zero-order valence-electron chi connectivity index (χ0n) is 10.0. The quantitative estimate of drug-likeness (QED) is 0.843. The molecule has 0 radical (unpaired) electrons. The summed E-state index contributed by atoms with van der Waals surface area (Å²) in [6.45, 7) is 0.101. The van der Waals surface area contributed by atoms with E-state index in [1.807, 2.05) is 24.3 Å². The molecule has 0 aliphatic rings. The van der Waals surface area contributed by atoms with Crippen LogP contribution in [0.15, 0.2) is 30.5 Å². The highest BCUT2D eigenvalue weighted by atomic mass is 16.5. The molecule has 0 aliphatic heterocycles. The molecule has 1 aromatic heterocycles. The molecule has 0 unspecified atom stereocenters. The summed E-state index contributed by atoms with van der Waals surface area (Å²) in [7, 11) is 1.52. The Morgan fingerprint density at radius 1 is 1.44 bits per heavy atom. The molecule has 0 aliphatic carbocycles. The number of hydrogen-bond acceptors (Lipinski definition) is 4. The van der Waals surface area contributed by atoms with Crippen LogP contribution in [0.2, 0.25) is 0 Å². The number of fused-ring (bicyclic) bond motifs is 1. The standard InChI is InChI=1S/C13H14N2O3/c1-18-12-9-4-2-3-5-11(9)15-8-10(12)13(17)14-6-7-16/h2-5,8,16H,6-7H2,1H3,(H,14,17). The molecule has 1 aromatic carbocycles. The zero-order valence-corrected chi connectivity index (χ0v) is 10.0. The Kier molecular flexibility index (Phi) is 3.74. The third kappa shape index (κ3) is 2.26. The van der Waals surface area contributed by atoms with Crippen molar-refractivity contribution in [1.82, 2.24) is 10.3 Å². The van der Waals surface area contributed by atoms with E-state index in [0.29, 0.717) is 11.3 Å². The number of para-hydroxylation sites is 1. The lowest BCUT2D eigenvalue weighted by atomic mass is 10.1. The Morgan fingerprint density at radius 2 is 2.22 bits per heavy atom. The van der Waals surface area contributed by atoms with E-state index in [1.54, 1.807) is 0 Å². The maximum Gasteiger partial charge on any atom is 0.256 e. The number of aliphatic hydroxyl groups excluding tert-OH is 1. The van der Waals surface area contributed by atoms with Gasteiger partial charge in [-0.15, -0.1) is 0 Å². The van der Waals surface area contributed by atoms with Gasteiger partial charge in [0.05, 0.1) is 19.2 Å². The molecule has 0 saturated carbocycles. The number of carbonyl (C=O) groups excluding carboxylic acids is 1. The highest BCUT2D eigenvalue weighted by molar-refractivity contribution is 6.02. The fourth-order valence-electron chi connectivity index (χ4n) is 1.76. The summed E-state index contributed by atoms with van der Waals surface area (Å²) in [5.41, 5.74) is 1.14. The average Bonchev–Trinajstić information content (AvgIpc) is 2.43. The molecule has 0 atom stereocenters. The maximum absolute atomic E-state index is 11.9. The molecule has 1 heterocycles. The molecule has 2 rings (SSSR count). The van der Waals surface area contributed by atoms with Crippen LogP contribution < -0.4 is 10.1 Å². The van der Waals surface area contributed by atoms with Gasteiger partial charge < -0.3 is 15.2 Å².